The lowest BCUT2D eigenvalue weighted by Gasteiger charge is -2.14. The Morgan fingerprint density at radius 3 is 2.13 bits per heavy atom. The second-order valence-electron chi connectivity index (χ2n) is 6.88. The highest BCUT2D eigenvalue weighted by Gasteiger charge is 2.49. The van der Waals surface area contributed by atoms with Crippen molar-refractivity contribution in [3.8, 4) is 5.75 Å². The minimum atomic E-state index is -5.72. The number of aromatic nitrogens is 1. The van der Waals surface area contributed by atoms with Crippen LogP contribution in [-0.4, -0.2) is 42.7 Å². The van der Waals surface area contributed by atoms with E-state index in [1.54, 1.807) is 47.6 Å². The number of nitrogens with zero attached hydrogens (tertiary/aromatic N) is 1. The van der Waals surface area contributed by atoms with Gasteiger partial charge in [0.05, 0.1) is 22.4 Å². The van der Waals surface area contributed by atoms with Gasteiger partial charge in [0, 0.05) is 5.56 Å². The molecule has 2 aromatic rings. The van der Waals surface area contributed by atoms with E-state index in [4.69, 9.17) is 5.11 Å². The van der Waals surface area contributed by atoms with Crippen molar-refractivity contribution in [2.45, 2.75) is 59.1 Å². The molecule has 0 spiro atoms. The highest BCUT2D eigenvalue weighted by molar-refractivity contribution is 9.11. The van der Waals surface area contributed by atoms with Crippen molar-refractivity contribution in [1.29, 1.82) is 0 Å². The van der Waals surface area contributed by atoms with Gasteiger partial charge in [-0.1, -0.05) is 6.92 Å². The van der Waals surface area contributed by atoms with Crippen LogP contribution in [0, 0.1) is 6.92 Å². The van der Waals surface area contributed by atoms with E-state index in [1.165, 1.54) is 0 Å². The lowest BCUT2D eigenvalue weighted by Crippen LogP contribution is -2.28. The van der Waals surface area contributed by atoms with E-state index in [2.05, 4.69) is 29.8 Å². The van der Waals surface area contributed by atoms with Gasteiger partial charge in [0.1, 0.15) is 0 Å². The third-order valence-corrected chi connectivity index (χ3v) is 5.48. The summed E-state index contributed by atoms with van der Waals surface area (Å²) in [5.74, 6) is -0.298. The fraction of sp³-hybridized carbons (Fsp3) is 0.556. The average Bonchev–Trinajstić information content (AvgIpc) is 2.93. The summed E-state index contributed by atoms with van der Waals surface area (Å²) in [5.41, 5.74) is -4.56. The van der Waals surface area contributed by atoms with E-state index in [9.17, 15) is 26.4 Å². The molecule has 2 rings (SSSR count). The first-order valence-corrected chi connectivity index (χ1v) is 11.9. The molecule has 178 valence electrons. The van der Waals surface area contributed by atoms with E-state index < -0.39 is 21.2 Å². The minimum absolute atomic E-state index is 0.261. The number of aliphatic hydroxyl groups is 1. The topological polar surface area (TPSA) is 103 Å². The monoisotopic (exact) mass is 551 g/mol. The normalized spacial score (nSPS) is 11.7. The second kappa shape index (κ2) is 12.0. The molecule has 0 radical (unpaired) electrons. The molecule has 0 bridgehead atoms. The van der Waals surface area contributed by atoms with Crippen molar-refractivity contribution in [2.24, 2.45) is 0 Å². The van der Waals surface area contributed by atoms with Crippen LogP contribution in [-0.2, 0) is 26.1 Å². The smallest absolute Gasteiger partial charge is 0.468 e. The molecule has 1 heterocycles. The van der Waals surface area contributed by atoms with Crippen LogP contribution in [0.3, 0.4) is 0 Å². The molecule has 0 aliphatic carbocycles. The van der Waals surface area contributed by atoms with Crippen molar-refractivity contribution in [3.63, 3.8) is 0 Å². The van der Waals surface area contributed by atoms with Gasteiger partial charge in [-0.3, -0.25) is 4.79 Å². The average molecular weight is 552 g/mol. The summed E-state index contributed by atoms with van der Waals surface area (Å²) >= 11 is 4.15. The first kappa shape index (κ1) is 29.6. The molecule has 31 heavy (non-hydrogen) atoms. The predicted octanol–water partition coefficient (Wildman–Crippen LogP) is 5.11. The largest absolute Gasteiger partial charge is 0.534 e. The minimum Gasteiger partial charge on any atom is -0.468 e. The van der Waals surface area contributed by atoms with Crippen LogP contribution in [0.1, 0.15) is 45.7 Å². The number of hydrogen-bond donors (Lipinski definition) is 1. The molecule has 0 aliphatic rings. The molecule has 1 aromatic carbocycles. The molecule has 0 atom stereocenters. The molecule has 13 heteroatoms. The SMILES string of the molecule is CC(C)(C)O.CCOC=O.CCc1c(C)cc2nc(Br)sc2c1OS(=O)(=O)C(F)(F)F. The van der Waals surface area contributed by atoms with Gasteiger partial charge < -0.3 is 14.0 Å². The Hall–Kier alpha value is -1.44. The molecule has 0 saturated heterocycles. The number of alkyl halides is 3. The zero-order valence-corrected chi connectivity index (χ0v) is 21.1. The van der Waals surface area contributed by atoms with E-state index in [0.717, 1.165) is 11.3 Å². The summed E-state index contributed by atoms with van der Waals surface area (Å²) in [5, 5.41) is 8.52. The predicted molar refractivity (Wildman–Crippen MR) is 117 cm³/mol. The van der Waals surface area contributed by atoms with Crippen LogP contribution in [0.15, 0.2) is 9.98 Å². The Morgan fingerprint density at radius 1 is 1.26 bits per heavy atom. The highest BCUT2D eigenvalue weighted by Crippen LogP contribution is 2.40. The summed E-state index contributed by atoms with van der Waals surface area (Å²) in [6, 6.07) is 1.68. The number of carbonyl (C=O) groups is 1. The molecule has 7 nitrogen and oxygen atoms in total. The van der Waals surface area contributed by atoms with Crippen LogP contribution in [0.2, 0.25) is 0 Å². The quantitative estimate of drug-likeness (QED) is 0.312. The summed E-state index contributed by atoms with van der Waals surface area (Å²) in [6.45, 7) is 11.3. The van der Waals surface area contributed by atoms with Gasteiger partial charge in [0.25, 0.3) is 6.47 Å². The molecule has 0 saturated carbocycles. The van der Waals surface area contributed by atoms with Crippen LogP contribution < -0.4 is 4.18 Å². The van der Waals surface area contributed by atoms with Gasteiger partial charge in [-0.05, 0) is 68.6 Å². The number of hydrogen-bond acceptors (Lipinski definition) is 8. The van der Waals surface area contributed by atoms with E-state index in [-0.39, 0.29) is 10.4 Å². The Kier molecular flexibility index (Phi) is 11.4. The Balaban J connectivity index is 0.000000752. The fourth-order valence-electron chi connectivity index (χ4n) is 1.93. The molecule has 0 unspecified atom stereocenters. The maximum Gasteiger partial charge on any atom is 0.534 e. The highest BCUT2D eigenvalue weighted by atomic mass is 79.9. The molecular weight excluding hydrogens is 527 g/mol. The summed E-state index contributed by atoms with van der Waals surface area (Å²) < 4.78 is 69.4. The van der Waals surface area contributed by atoms with Gasteiger partial charge in [0.2, 0.25) is 0 Å². The van der Waals surface area contributed by atoms with Gasteiger partial charge >= 0.3 is 15.6 Å². The van der Waals surface area contributed by atoms with Crippen molar-refractivity contribution < 1.29 is 40.4 Å². The van der Waals surface area contributed by atoms with Crippen LogP contribution in [0.25, 0.3) is 10.2 Å². The lowest BCUT2D eigenvalue weighted by atomic mass is 10.0. The summed E-state index contributed by atoms with van der Waals surface area (Å²) in [6.07, 6.45) is 0.333. The molecule has 0 fully saturated rings. The van der Waals surface area contributed by atoms with E-state index in [1.807, 2.05) is 0 Å². The molecule has 1 aromatic heterocycles. The summed E-state index contributed by atoms with van der Waals surface area (Å²) in [4.78, 5) is 13.3. The fourth-order valence-corrected chi connectivity index (χ4v) is 3.93. The Bertz CT molecular complexity index is 963. The number of fused-ring (bicyclic) bond motifs is 1. The maximum atomic E-state index is 12.5. The van der Waals surface area contributed by atoms with Gasteiger partial charge in [-0.25, -0.2) is 4.98 Å². The third-order valence-electron chi connectivity index (χ3n) is 3.00. The maximum absolute atomic E-state index is 12.5. The molecular formula is C18H25BrF3NO6S2. The molecule has 1 N–H and O–H groups in total. The number of ether oxygens (including phenoxy) is 1. The number of carbonyl (C=O) groups excluding carboxylic acids is 1. The standard InChI is InChI=1S/C11H9BrF3NO3S2.C4H10O.C3H6O2/c1-3-6-5(2)4-7-9(20-10(12)16-7)8(6)19-21(17,18)11(13,14)15;1-4(2,3)5;1-2-5-3-4/h4H,3H2,1-2H3;5H,1-3H3;3H,2H2,1H3. The van der Waals surface area contributed by atoms with Crippen molar-refractivity contribution in [1.82, 2.24) is 4.98 Å². The first-order valence-electron chi connectivity index (χ1n) is 8.85. The van der Waals surface area contributed by atoms with Crippen molar-refractivity contribution in [3.05, 3.63) is 21.1 Å². The third kappa shape index (κ3) is 10.1. The van der Waals surface area contributed by atoms with Crippen molar-refractivity contribution >= 4 is 54.1 Å². The van der Waals surface area contributed by atoms with Crippen LogP contribution >= 0.6 is 27.3 Å². The molecule has 0 amide bonds. The molecule has 0 aliphatic heterocycles. The Labute approximate surface area is 191 Å². The van der Waals surface area contributed by atoms with Crippen LogP contribution in [0.4, 0.5) is 13.2 Å². The number of benzene rings is 1. The van der Waals surface area contributed by atoms with Crippen molar-refractivity contribution in [2.75, 3.05) is 6.61 Å². The Morgan fingerprint density at radius 2 is 1.77 bits per heavy atom. The van der Waals surface area contributed by atoms with Gasteiger partial charge in [-0.15, -0.1) is 11.3 Å². The first-order chi connectivity index (χ1) is 14.0. The van der Waals surface area contributed by atoms with Gasteiger partial charge in [-0.2, -0.15) is 21.6 Å². The lowest BCUT2D eigenvalue weighted by molar-refractivity contribution is -0.128. The zero-order chi connectivity index (χ0) is 24.6. The van der Waals surface area contributed by atoms with E-state index >= 15 is 0 Å². The number of rotatable bonds is 5. The second-order valence-corrected chi connectivity index (χ2v) is 10.7. The number of aryl methyl sites for hydroxylation is 1. The number of halogens is 4. The zero-order valence-electron chi connectivity index (χ0n) is 17.8. The van der Waals surface area contributed by atoms with E-state index in [0.29, 0.717) is 40.1 Å². The summed E-state index contributed by atoms with van der Waals surface area (Å²) in [7, 11) is -5.72. The van der Waals surface area contributed by atoms with Crippen LogP contribution in [0.5, 0.6) is 5.75 Å². The van der Waals surface area contributed by atoms with Gasteiger partial charge in [0.15, 0.2) is 9.67 Å². The number of thiazole rings is 1.